The number of rotatable bonds is 4. The van der Waals surface area contributed by atoms with Gasteiger partial charge in [-0.1, -0.05) is 0 Å². The van der Waals surface area contributed by atoms with E-state index in [4.69, 9.17) is 4.74 Å². The van der Waals surface area contributed by atoms with Gasteiger partial charge >= 0.3 is 0 Å². The molecule has 2 fully saturated rings. The van der Waals surface area contributed by atoms with Gasteiger partial charge in [0.1, 0.15) is 0 Å². The summed E-state index contributed by atoms with van der Waals surface area (Å²) in [5.41, 5.74) is 1.14. The van der Waals surface area contributed by atoms with Gasteiger partial charge in [-0.2, -0.15) is 5.10 Å². The number of nitrogens with zero attached hydrogens (tertiary/aromatic N) is 3. The van der Waals surface area contributed by atoms with E-state index in [0.717, 1.165) is 25.2 Å². The summed E-state index contributed by atoms with van der Waals surface area (Å²) in [7, 11) is 0. The number of carbonyl (C=O) groups excluding carboxylic acids is 1. The second kappa shape index (κ2) is 4.46. The van der Waals surface area contributed by atoms with E-state index in [1.54, 1.807) is 5.01 Å². The molecule has 92 valence electrons. The highest BCUT2D eigenvalue weighted by molar-refractivity contribution is 5.71. The van der Waals surface area contributed by atoms with Crippen LogP contribution in [0.15, 0.2) is 6.07 Å². The third-order valence-corrected chi connectivity index (χ3v) is 3.23. The lowest BCUT2D eigenvalue weighted by Crippen LogP contribution is -2.48. The van der Waals surface area contributed by atoms with E-state index in [1.807, 2.05) is 11.1 Å². The van der Waals surface area contributed by atoms with Crippen LogP contribution in [0.5, 0.6) is 0 Å². The van der Waals surface area contributed by atoms with Gasteiger partial charge in [0.25, 0.3) is 0 Å². The molecule has 0 radical (unpaired) electrons. The van der Waals surface area contributed by atoms with Gasteiger partial charge in [0.05, 0.1) is 13.2 Å². The van der Waals surface area contributed by atoms with Gasteiger partial charge in [-0.3, -0.25) is 9.89 Å². The molecule has 1 saturated carbocycles. The van der Waals surface area contributed by atoms with Crippen molar-refractivity contribution in [2.45, 2.75) is 18.8 Å². The normalized spacial score (nSPS) is 21.4. The van der Waals surface area contributed by atoms with Crippen LogP contribution in [0.2, 0.25) is 0 Å². The minimum absolute atomic E-state index is 0.620. The lowest BCUT2D eigenvalue weighted by Gasteiger charge is -2.32. The molecule has 1 saturated heterocycles. The molecular weight excluding hydrogens is 220 g/mol. The summed E-state index contributed by atoms with van der Waals surface area (Å²) in [6.45, 7) is 2.77. The number of morpholine rings is 1. The molecule has 6 nitrogen and oxygen atoms in total. The Morgan fingerprint density at radius 1 is 1.47 bits per heavy atom. The number of carbonyl (C=O) groups is 1. The lowest BCUT2D eigenvalue weighted by atomic mass is 10.3. The third-order valence-electron chi connectivity index (χ3n) is 3.23. The molecule has 1 aromatic rings. The SMILES string of the molecule is O=CN(c1cc(C2CC2)[nH]n1)N1CCOCC1. The average molecular weight is 236 g/mol. The largest absolute Gasteiger partial charge is 0.379 e. The fourth-order valence-electron chi connectivity index (χ4n) is 2.08. The Balaban J connectivity index is 1.75. The number of amides is 1. The molecule has 2 heterocycles. The Morgan fingerprint density at radius 3 is 2.88 bits per heavy atom. The summed E-state index contributed by atoms with van der Waals surface area (Å²) in [6, 6.07) is 1.97. The fraction of sp³-hybridized carbons (Fsp3) is 0.636. The molecule has 1 aliphatic heterocycles. The molecule has 17 heavy (non-hydrogen) atoms. The Labute approximate surface area is 99.5 Å². The van der Waals surface area contributed by atoms with Gasteiger partial charge in [0.2, 0.25) is 6.41 Å². The van der Waals surface area contributed by atoms with E-state index >= 15 is 0 Å². The lowest BCUT2D eigenvalue weighted by molar-refractivity contribution is -0.111. The maximum absolute atomic E-state index is 11.2. The van der Waals surface area contributed by atoms with Crippen molar-refractivity contribution in [3.8, 4) is 0 Å². The first-order valence-electron chi connectivity index (χ1n) is 6.01. The Bertz CT molecular complexity index is 396. The number of hydrazine groups is 1. The van der Waals surface area contributed by atoms with Crippen molar-refractivity contribution in [1.82, 2.24) is 15.2 Å². The monoisotopic (exact) mass is 236 g/mol. The maximum Gasteiger partial charge on any atom is 0.230 e. The number of nitrogens with one attached hydrogen (secondary N) is 1. The molecule has 2 aliphatic rings. The molecule has 0 spiro atoms. The van der Waals surface area contributed by atoms with Crippen LogP contribution >= 0.6 is 0 Å². The van der Waals surface area contributed by atoms with Crippen molar-refractivity contribution in [2.24, 2.45) is 0 Å². The van der Waals surface area contributed by atoms with E-state index in [9.17, 15) is 4.79 Å². The topological polar surface area (TPSA) is 61.5 Å². The predicted molar refractivity (Wildman–Crippen MR) is 61.5 cm³/mol. The zero-order valence-electron chi connectivity index (χ0n) is 9.63. The predicted octanol–water partition coefficient (Wildman–Crippen LogP) is 0.497. The molecule has 3 rings (SSSR count). The van der Waals surface area contributed by atoms with Crippen LogP contribution in [-0.2, 0) is 9.53 Å². The van der Waals surface area contributed by atoms with Crippen LogP contribution in [0.3, 0.4) is 0 Å². The summed E-state index contributed by atoms with van der Waals surface area (Å²) in [5.74, 6) is 1.30. The smallest absolute Gasteiger partial charge is 0.230 e. The number of hydrogen-bond donors (Lipinski definition) is 1. The molecule has 1 aromatic heterocycles. The first-order chi connectivity index (χ1) is 8.38. The van der Waals surface area contributed by atoms with E-state index in [1.165, 1.54) is 12.8 Å². The van der Waals surface area contributed by atoms with Gasteiger partial charge in [0, 0.05) is 30.8 Å². The number of aromatic nitrogens is 2. The summed E-state index contributed by atoms with van der Waals surface area (Å²) < 4.78 is 5.27. The molecule has 0 bridgehead atoms. The third kappa shape index (κ3) is 2.18. The highest BCUT2D eigenvalue weighted by Crippen LogP contribution is 2.39. The van der Waals surface area contributed by atoms with Crippen LogP contribution in [0, 0.1) is 0 Å². The van der Waals surface area contributed by atoms with Crippen LogP contribution < -0.4 is 5.01 Å². The summed E-state index contributed by atoms with van der Waals surface area (Å²) in [6.07, 6.45) is 3.26. The van der Waals surface area contributed by atoms with Gasteiger partial charge in [-0.05, 0) is 12.8 Å². The summed E-state index contributed by atoms with van der Waals surface area (Å²) in [5, 5.41) is 10.8. The number of ether oxygens (including phenoxy) is 1. The van der Waals surface area contributed by atoms with Crippen molar-refractivity contribution >= 4 is 12.2 Å². The molecule has 0 unspecified atom stereocenters. The number of anilines is 1. The van der Waals surface area contributed by atoms with Crippen molar-refractivity contribution in [2.75, 3.05) is 31.3 Å². The zero-order valence-corrected chi connectivity index (χ0v) is 9.63. The van der Waals surface area contributed by atoms with Gasteiger partial charge in [0.15, 0.2) is 5.82 Å². The fourth-order valence-corrected chi connectivity index (χ4v) is 2.08. The minimum atomic E-state index is 0.620. The average Bonchev–Trinajstić information content (AvgIpc) is 3.12. The van der Waals surface area contributed by atoms with Crippen molar-refractivity contribution in [1.29, 1.82) is 0 Å². The first-order valence-corrected chi connectivity index (χ1v) is 6.01. The van der Waals surface area contributed by atoms with Crippen molar-refractivity contribution in [3.63, 3.8) is 0 Å². The molecule has 0 atom stereocenters. The standard InChI is InChI=1S/C11H16N4O2/c16-8-15(14-3-5-17-6-4-14)11-7-10(12-13-11)9-1-2-9/h7-9H,1-6H2,(H,12,13). The second-order valence-corrected chi connectivity index (χ2v) is 4.47. The Hall–Kier alpha value is -1.40. The molecule has 1 amide bonds. The van der Waals surface area contributed by atoms with Crippen LogP contribution in [-0.4, -0.2) is 47.9 Å². The van der Waals surface area contributed by atoms with Gasteiger partial charge < -0.3 is 4.74 Å². The molecule has 6 heteroatoms. The highest BCUT2D eigenvalue weighted by atomic mass is 16.5. The van der Waals surface area contributed by atoms with E-state index in [-0.39, 0.29) is 0 Å². The van der Waals surface area contributed by atoms with Crippen LogP contribution in [0.4, 0.5) is 5.82 Å². The second-order valence-electron chi connectivity index (χ2n) is 4.47. The number of aromatic amines is 1. The van der Waals surface area contributed by atoms with E-state index in [0.29, 0.717) is 24.9 Å². The molecular formula is C11H16N4O2. The zero-order chi connectivity index (χ0) is 11.7. The van der Waals surface area contributed by atoms with Gasteiger partial charge in [-0.25, -0.2) is 10.0 Å². The summed E-state index contributed by atoms with van der Waals surface area (Å²) in [4.78, 5) is 11.2. The highest BCUT2D eigenvalue weighted by Gasteiger charge is 2.27. The van der Waals surface area contributed by atoms with E-state index in [2.05, 4.69) is 10.2 Å². The van der Waals surface area contributed by atoms with E-state index < -0.39 is 0 Å². The molecule has 1 N–H and O–H groups in total. The van der Waals surface area contributed by atoms with Crippen molar-refractivity contribution in [3.05, 3.63) is 11.8 Å². The Morgan fingerprint density at radius 2 is 2.24 bits per heavy atom. The Kier molecular flexibility index (Phi) is 2.82. The number of hydrogen-bond acceptors (Lipinski definition) is 4. The molecule has 0 aromatic carbocycles. The quantitative estimate of drug-likeness (QED) is 0.773. The number of H-pyrrole nitrogens is 1. The molecule has 1 aliphatic carbocycles. The minimum Gasteiger partial charge on any atom is -0.379 e. The summed E-state index contributed by atoms with van der Waals surface area (Å²) >= 11 is 0. The first kappa shape index (κ1) is 10.7. The van der Waals surface area contributed by atoms with Crippen molar-refractivity contribution < 1.29 is 9.53 Å². The van der Waals surface area contributed by atoms with Crippen LogP contribution in [0.25, 0.3) is 0 Å². The maximum atomic E-state index is 11.2. The van der Waals surface area contributed by atoms with Crippen LogP contribution in [0.1, 0.15) is 24.5 Å². The van der Waals surface area contributed by atoms with Gasteiger partial charge in [-0.15, -0.1) is 0 Å².